The lowest BCUT2D eigenvalue weighted by molar-refractivity contribution is 0.176. The average molecular weight is 380 g/mol. The van der Waals surface area contributed by atoms with Crippen LogP contribution in [0.3, 0.4) is 0 Å². The minimum atomic E-state index is -0.260. The highest BCUT2D eigenvalue weighted by Gasteiger charge is 2.40. The van der Waals surface area contributed by atoms with Crippen LogP contribution >= 0.6 is 0 Å². The predicted octanol–water partition coefficient (Wildman–Crippen LogP) is 3.90. The Morgan fingerprint density at radius 1 is 1.18 bits per heavy atom. The lowest BCUT2D eigenvalue weighted by Crippen LogP contribution is -2.54. The van der Waals surface area contributed by atoms with E-state index < -0.39 is 0 Å². The summed E-state index contributed by atoms with van der Waals surface area (Å²) < 4.78 is 5.35. The quantitative estimate of drug-likeness (QED) is 0.800. The van der Waals surface area contributed by atoms with Gasteiger partial charge in [0.2, 0.25) is 0 Å². The summed E-state index contributed by atoms with van der Waals surface area (Å²) in [5.41, 5.74) is 2.13. The fourth-order valence-electron chi connectivity index (χ4n) is 4.31. The van der Waals surface area contributed by atoms with Crippen LogP contribution in [-0.4, -0.2) is 32.8 Å². The largest absolute Gasteiger partial charge is 0.497 e. The third kappa shape index (κ3) is 3.93. The predicted molar refractivity (Wildman–Crippen MR) is 112 cm³/mol. The molecule has 28 heavy (non-hydrogen) atoms. The molecule has 1 aliphatic carbocycles. The van der Waals surface area contributed by atoms with E-state index in [0.717, 1.165) is 50.1 Å². The summed E-state index contributed by atoms with van der Waals surface area (Å²) in [5.74, 6) is 1.32. The van der Waals surface area contributed by atoms with Crippen molar-refractivity contribution in [2.24, 2.45) is 5.92 Å². The molecule has 2 aromatic rings. The SMILES string of the molecule is COc1cccc(C2(NC(=O)NCC3CCN(c4ccccc4)C3)CCC2)c1. The maximum absolute atomic E-state index is 12.6. The van der Waals surface area contributed by atoms with Gasteiger partial charge in [0.1, 0.15) is 5.75 Å². The first-order chi connectivity index (χ1) is 13.7. The molecule has 5 nitrogen and oxygen atoms in total. The van der Waals surface area contributed by atoms with Crippen LogP contribution in [-0.2, 0) is 5.54 Å². The first kappa shape index (κ1) is 18.7. The Bertz CT molecular complexity index is 805. The summed E-state index contributed by atoms with van der Waals surface area (Å²) in [6, 6.07) is 18.5. The molecule has 0 radical (unpaired) electrons. The summed E-state index contributed by atoms with van der Waals surface area (Å²) >= 11 is 0. The Kier molecular flexibility index (Phi) is 5.42. The highest BCUT2D eigenvalue weighted by molar-refractivity contribution is 5.75. The number of carbonyl (C=O) groups excluding carboxylic acids is 1. The van der Waals surface area contributed by atoms with Gasteiger partial charge in [-0.15, -0.1) is 0 Å². The first-order valence-corrected chi connectivity index (χ1v) is 10.2. The number of amides is 2. The van der Waals surface area contributed by atoms with Crippen LogP contribution in [0.2, 0.25) is 0 Å². The molecule has 5 heteroatoms. The highest BCUT2D eigenvalue weighted by atomic mass is 16.5. The van der Waals surface area contributed by atoms with Gasteiger partial charge in [0, 0.05) is 25.3 Å². The van der Waals surface area contributed by atoms with Crippen LogP contribution in [0.4, 0.5) is 10.5 Å². The van der Waals surface area contributed by atoms with E-state index in [9.17, 15) is 4.79 Å². The van der Waals surface area contributed by atoms with E-state index in [1.165, 1.54) is 5.69 Å². The van der Waals surface area contributed by atoms with E-state index in [1.807, 2.05) is 24.3 Å². The molecule has 148 valence electrons. The van der Waals surface area contributed by atoms with Crippen LogP contribution in [0, 0.1) is 5.92 Å². The number of benzene rings is 2. The van der Waals surface area contributed by atoms with Crippen LogP contribution in [0.5, 0.6) is 5.75 Å². The molecule has 1 heterocycles. The van der Waals surface area contributed by atoms with Crippen molar-refractivity contribution in [2.75, 3.05) is 31.6 Å². The van der Waals surface area contributed by atoms with Crippen molar-refractivity contribution in [3.05, 3.63) is 60.2 Å². The molecule has 0 spiro atoms. The zero-order valence-electron chi connectivity index (χ0n) is 16.5. The summed E-state index contributed by atoms with van der Waals surface area (Å²) in [6.07, 6.45) is 4.18. The molecule has 1 saturated carbocycles. The Morgan fingerprint density at radius 3 is 2.71 bits per heavy atom. The molecular formula is C23H29N3O2. The molecule has 0 bridgehead atoms. The number of nitrogens with one attached hydrogen (secondary N) is 2. The number of carbonyl (C=O) groups is 1. The normalized spacial score (nSPS) is 20.3. The van der Waals surface area contributed by atoms with Crippen molar-refractivity contribution in [3.8, 4) is 5.75 Å². The molecule has 2 fully saturated rings. The first-order valence-electron chi connectivity index (χ1n) is 10.2. The molecular weight excluding hydrogens is 350 g/mol. The third-order valence-corrected chi connectivity index (χ3v) is 6.14. The maximum atomic E-state index is 12.6. The van der Waals surface area contributed by atoms with Crippen LogP contribution < -0.4 is 20.3 Å². The summed E-state index contributed by atoms with van der Waals surface area (Å²) in [7, 11) is 1.67. The molecule has 2 amide bonds. The molecule has 2 aliphatic rings. The van der Waals surface area contributed by atoms with E-state index in [2.05, 4.69) is 45.9 Å². The van der Waals surface area contributed by atoms with Gasteiger partial charge in [-0.2, -0.15) is 0 Å². The molecule has 0 aromatic heterocycles. The second-order valence-corrected chi connectivity index (χ2v) is 7.94. The van der Waals surface area contributed by atoms with Crippen molar-refractivity contribution in [1.29, 1.82) is 0 Å². The van der Waals surface area contributed by atoms with Crippen molar-refractivity contribution < 1.29 is 9.53 Å². The minimum Gasteiger partial charge on any atom is -0.497 e. The Balaban J connectivity index is 1.30. The van der Waals surface area contributed by atoms with Gasteiger partial charge >= 0.3 is 6.03 Å². The van der Waals surface area contributed by atoms with Gasteiger partial charge < -0.3 is 20.3 Å². The highest BCUT2D eigenvalue weighted by Crippen LogP contribution is 2.42. The van der Waals surface area contributed by atoms with E-state index >= 15 is 0 Å². The number of para-hydroxylation sites is 1. The van der Waals surface area contributed by atoms with E-state index in [-0.39, 0.29) is 11.6 Å². The number of hydrogen-bond acceptors (Lipinski definition) is 3. The molecule has 1 atom stereocenters. The van der Waals surface area contributed by atoms with Gasteiger partial charge in [0.05, 0.1) is 12.6 Å². The zero-order chi connectivity index (χ0) is 19.4. The Hall–Kier alpha value is -2.69. The zero-order valence-corrected chi connectivity index (χ0v) is 16.5. The van der Waals surface area contributed by atoms with Gasteiger partial charge in [-0.3, -0.25) is 0 Å². The van der Waals surface area contributed by atoms with Crippen LogP contribution in [0.1, 0.15) is 31.2 Å². The lowest BCUT2D eigenvalue weighted by atomic mass is 9.72. The van der Waals surface area contributed by atoms with Crippen molar-refractivity contribution >= 4 is 11.7 Å². The van der Waals surface area contributed by atoms with Gasteiger partial charge in [-0.1, -0.05) is 30.3 Å². The van der Waals surface area contributed by atoms with Crippen molar-refractivity contribution in [1.82, 2.24) is 10.6 Å². The Morgan fingerprint density at radius 2 is 2.00 bits per heavy atom. The fourth-order valence-corrected chi connectivity index (χ4v) is 4.31. The summed E-state index contributed by atoms with van der Waals surface area (Å²) in [6.45, 7) is 2.75. The molecule has 1 saturated heterocycles. The van der Waals surface area contributed by atoms with Crippen molar-refractivity contribution in [2.45, 2.75) is 31.2 Å². The average Bonchev–Trinajstić information content (AvgIpc) is 3.19. The second kappa shape index (κ2) is 8.13. The number of urea groups is 1. The van der Waals surface area contributed by atoms with E-state index in [0.29, 0.717) is 12.5 Å². The summed E-state index contributed by atoms with van der Waals surface area (Å²) in [5, 5.41) is 6.36. The number of methoxy groups -OCH3 is 1. The van der Waals surface area contributed by atoms with Crippen molar-refractivity contribution in [3.63, 3.8) is 0 Å². The topological polar surface area (TPSA) is 53.6 Å². The molecule has 2 N–H and O–H groups in total. The Labute approximate surface area is 167 Å². The number of hydrogen-bond donors (Lipinski definition) is 2. The van der Waals surface area contributed by atoms with Crippen LogP contribution in [0.25, 0.3) is 0 Å². The monoisotopic (exact) mass is 379 g/mol. The molecule has 2 aromatic carbocycles. The molecule has 4 rings (SSSR count). The second-order valence-electron chi connectivity index (χ2n) is 7.94. The summed E-state index contributed by atoms with van der Waals surface area (Å²) in [4.78, 5) is 15.0. The van der Waals surface area contributed by atoms with Gasteiger partial charge in [0.25, 0.3) is 0 Å². The van der Waals surface area contributed by atoms with Gasteiger partial charge in [-0.25, -0.2) is 4.79 Å². The van der Waals surface area contributed by atoms with E-state index in [4.69, 9.17) is 4.74 Å². The minimum absolute atomic E-state index is 0.0688. The van der Waals surface area contributed by atoms with E-state index in [1.54, 1.807) is 7.11 Å². The fraction of sp³-hybridized carbons (Fsp3) is 0.435. The van der Waals surface area contributed by atoms with Crippen LogP contribution in [0.15, 0.2) is 54.6 Å². The smallest absolute Gasteiger partial charge is 0.315 e. The molecule has 1 unspecified atom stereocenters. The number of nitrogens with zero attached hydrogens (tertiary/aromatic N) is 1. The van der Waals surface area contributed by atoms with Gasteiger partial charge in [-0.05, 0) is 61.4 Å². The lowest BCUT2D eigenvalue weighted by Gasteiger charge is -2.43. The van der Waals surface area contributed by atoms with Gasteiger partial charge in [0.15, 0.2) is 0 Å². The maximum Gasteiger partial charge on any atom is 0.315 e. The third-order valence-electron chi connectivity index (χ3n) is 6.14. The number of rotatable bonds is 6. The number of anilines is 1. The number of ether oxygens (including phenoxy) is 1. The standard InChI is InChI=1S/C23H29N3O2/c1-28-21-10-5-7-19(15-21)23(12-6-13-23)25-22(27)24-16-18-11-14-26(17-18)20-8-3-2-4-9-20/h2-5,7-10,15,18H,6,11-14,16-17H2,1H3,(H2,24,25,27). The molecule has 1 aliphatic heterocycles.